The molecule has 0 fully saturated rings. The predicted molar refractivity (Wildman–Crippen MR) is 90.4 cm³/mol. The molecule has 1 aromatic carbocycles. The smallest absolute Gasteiger partial charge is 0.227 e. The normalized spacial score (nSPS) is 12.3. The molecule has 0 saturated carbocycles. The molecule has 2 aromatic heterocycles. The first-order valence-corrected chi connectivity index (χ1v) is 9.70. The fourth-order valence-electron chi connectivity index (χ4n) is 2.23. The Morgan fingerprint density at radius 2 is 1.92 bits per heavy atom. The summed E-state index contributed by atoms with van der Waals surface area (Å²) in [7, 11) is -3.65. The van der Waals surface area contributed by atoms with Crippen molar-refractivity contribution in [2.75, 3.05) is 6.26 Å². The lowest BCUT2D eigenvalue weighted by atomic mass is 10.1. The average Bonchev–Trinajstić information content (AvgIpc) is 2.95. The molecule has 3 rings (SSSR count). The van der Waals surface area contributed by atoms with Gasteiger partial charge in [0.25, 0.3) is 0 Å². The number of hydrogen-bond donors (Lipinski definition) is 0. The van der Waals surface area contributed by atoms with E-state index in [0.29, 0.717) is 10.2 Å². The fourth-order valence-corrected chi connectivity index (χ4v) is 3.23. The van der Waals surface area contributed by atoms with Gasteiger partial charge in [0.05, 0.1) is 21.9 Å². The van der Waals surface area contributed by atoms with Gasteiger partial charge in [0.2, 0.25) is 15.0 Å². The second-order valence-corrected chi connectivity index (χ2v) is 8.06. The van der Waals surface area contributed by atoms with Crippen LogP contribution in [0.1, 0.15) is 5.56 Å². The summed E-state index contributed by atoms with van der Waals surface area (Å²) in [5.41, 5.74) is -0.271. The van der Waals surface area contributed by atoms with Crippen molar-refractivity contribution >= 4 is 25.8 Å². The zero-order chi connectivity index (χ0) is 19.1. The third kappa shape index (κ3) is 3.63. The summed E-state index contributed by atoms with van der Waals surface area (Å²) in [6.45, 7) is 0. The molecule has 26 heavy (non-hydrogen) atoms. The Labute approximate surface area is 154 Å². The Kier molecular flexibility index (Phi) is 4.61. The van der Waals surface area contributed by atoms with Gasteiger partial charge in [0.1, 0.15) is 0 Å². The topological polar surface area (TPSA) is 77.7 Å². The largest absolute Gasteiger partial charge is 0.416 e. The van der Waals surface area contributed by atoms with Crippen LogP contribution in [0.3, 0.4) is 0 Å². The molecular weight excluding hydrogens is 437 g/mol. The molecule has 11 heteroatoms. The molecule has 0 aliphatic rings. The third-order valence-electron chi connectivity index (χ3n) is 3.36. The standard InChI is InChI=1S/C15H10BrF3N4O2S/c1-26(24,25)14-20-6-5-12(22-14)23-13(11(16)8-21-23)9-3-2-4-10(7-9)15(17,18)19/h2-8H,1H3. The van der Waals surface area contributed by atoms with Gasteiger partial charge in [-0.25, -0.2) is 18.1 Å². The van der Waals surface area contributed by atoms with Gasteiger partial charge < -0.3 is 0 Å². The maximum absolute atomic E-state index is 13.0. The zero-order valence-corrected chi connectivity index (χ0v) is 15.5. The van der Waals surface area contributed by atoms with E-state index in [1.165, 1.54) is 35.3 Å². The van der Waals surface area contributed by atoms with Crippen LogP contribution in [0, 0.1) is 0 Å². The highest BCUT2D eigenvalue weighted by Crippen LogP contribution is 2.35. The van der Waals surface area contributed by atoms with Crippen LogP contribution in [0.4, 0.5) is 13.2 Å². The van der Waals surface area contributed by atoms with Crippen LogP contribution in [-0.4, -0.2) is 34.4 Å². The highest BCUT2D eigenvalue weighted by atomic mass is 79.9. The van der Waals surface area contributed by atoms with E-state index in [4.69, 9.17) is 0 Å². The molecule has 0 aliphatic carbocycles. The Balaban J connectivity index is 2.18. The van der Waals surface area contributed by atoms with Crippen molar-refractivity contribution in [1.29, 1.82) is 0 Å². The van der Waals surface area contributed by atoms with Crippen molar-refractivity contribution in [3.05, 3.63) is 52.8 Å². The van der Waals surface area contributed by atoms with E-state index in [-0.39, 0.29) is 11.4 Å². The van der Waals surface area contributed by atoms with Crippen LogP contribution in [0.25, 0.3) is 17.1 Å². The summed E-state index contributed by atoms with van der Waals surface area (Å²) in [5, 5.41) is 3.67. The van der Waals surface area contributed by atoms with Crippen molar-refractivity contribution in [2.24, 2.45) is 0 Å². The van der Waals surface area contributed by atoms with Gasteiger partial charge in [-0.15, -0.1) is 0 Å². The summed E-state index contributed by atoms with van der Waals surface area (Å²) < 4.78 is 63.9. The Hall–Kier alpha value is -2.27. The van der Waals surface area contributed by atoms with Crippen molar-refractivity contribution < 1.29 is 21.6 Å². The molecule has 0 aliphatic heterocycles. The fraction of sp³-hybridized carbons (Fsp3) is 0.133. The van der Waals surface area contributed by atoms with Crippen LogP contribution >= 0.6 is 15.9 Å². The van der Waals surface area contributed by atoms with Crippen LogP contribution in [0.2, 0.25) is 0 Å². The Morgan fingerprint density at radius 1 is 1.19 bits per heavy atom. The lowest BCUT2D eigenvalue weighted by molar-refractivity contribution is -0.137. The molecule has 0 radical (unpaired) electrons. The van der Waals surface area contributed by atoms with Crippen LogP contribution in [0.15, 0.2) is 52.4 Å². The molecule has 0 spiro atoms. The van der Waals surface area contributed by atoms with E-state index in [0.717, 1.165) is 18.4 Å². The minimum absolute atomic E-state index is 0.110. The number of halogens is 4. The van der Waals surface area contributed by atoms with Crippen molar-refractivity contribution in [3.63, 3.8) is 0 Å². The first-order chi connectivity index (χ1) is 12.1. The van der Waals surface area contributed by atoms with Gasteiger partial charge in [-0.1, -0.05) is 12.1 Å². The number of hydrogen-bond acceptors (Lipinski definition) is 5. The van der Waals surface area contributed by atoms with Crippen LogP contribution in [0.5, 0.6) is 0 Å². The number of nitrogens with zero attached hydrogens (tertiary/aromatic N) is 4. The molecule has 0 saturated heterocycles. The molecule has 0 atom stereocenters. The monoisotopic (exact) mass is 446 g/mol. The zero-order valence-electron chi connectivity index (χ0n) is 13.1. The molecular formula is C15H10BrF3N4O2S. The van der Waals surface area contributed by atoms with Gasteiger partial charge in [-0.05, 0) is 28.1 Å². The van der Waals surface area contributed by atoms with Gasteiger partial charge >= 0.3 is 6.18 Å². The quantitative estimate of drug-likeness (QED) is 0.575. The van der Waals surface area contributed by atoms with E-state index in [1.807, 2.05) is 0 Å². The van der Waals surface area contributed by atoms with Gasteiger partial charge in [0, 0.05) is 24.1 Å². The van der Waals surface area contributed by atoms with Crippen molar-refractivity contribution in [2.45, 2.75) is 11.3 Å². The van der Waals surface area contributed by atoms with Gasteiger partial charge in [-0.3, -0.25) is 0 Å². The van der Waals surface area contributed by atoms with E-state index in [2.05, 4.69) is 31.0 Å². The first-order valence-electron chi connectivity index (χ1n) is 7.02. The molecule has 3 aromatic rings. The van der Waals surface area contributed by atoms with Crippen molar-refractivity contribution in [1.82, 2.24) is 19.7 Å². The maximum atomic E-state index is 13.0. The summed E-state index contributed by atoms with van der Waals surface area (Å²) in [4.78, 5) is 7.63. The summed E-state index contributed by atoms with van der Waals surface area (Å²) in [6, 6.07) is 6.13. The Morgan fingerprint density at radius 3 is 2.58 bits per heavy atom. The highest BCUT2D eigenvalue weighted by molar-refractivity contribution is 9.10. The number of alkyl halides is 3. The molecule has 0 N–H and O–H groups in total. The number of sulfone groups is 1. The molecule has 0 bridgehead atoms. The predicted octanol–water partition coefficient (Wildman–Crippen LogP) is 3.51. The minimum atomic E-state index is -4.49. The molecule has 2 heterocycles. The maximum Gasteiger partial charge on any atom is 0.416 e. The van der Waals surface area contributed by atoms with Crippen LogP contribution in [-0.2, 0) is 16.0 Å². The van der Waals surface area contributed by atoms with E-state index in [9.17, 15) is 21.6 Å². The SMILES string of the molecule is CS(=O)(=O)c1nccc(-n2ncc(Br)c2-c2cccc(C(F)(F)F)c2)n1. The lowest BCUT2D eigenvalue weighted by Crippen LogP contribution is -2.09. The average molecular weight is 447 g/mol. The summed E-state index contributed by atoms with van der Waals surface area (Å²) in [5.74, 6) is 0.110. The number of benzene rings is 1. The second kappa shape index (κ2) is 6.47. The highest BCUT2D eigenvalue weighted by Gasteiger charge is 2.31. The summed E-state index contributed by atoms with van der Waals surface area (Å²) in [6.07, 6.45) is -0.910. The minimum Gasteiger partial charge on any atom is -0.227 e. The van der Waals surface area contributed by atoms with Gasteiger partial charge in [-0.2, -0.15) is 23.3 Å². The molecule has 6 nitrogen and oxygen atoms in total. The van der Waals surface area contributed by atoms with E-state index in [1.54, 1.807) is 0 Å². The van der Waals surface area contributed by atoms with E-state index < -0.39 is 26.7 Å². The molecule has 0 unspecified atom stereocenters. The summed E-state index contributed by atoms with van der Waals surface area (Å²) >= 11 is 3.26. The lowest BCUT2D eigenvalue weighted by Gasteiger charge is -2.11. The number of aromatic nitrogens is 4. The third-order valence-corrected chi connectivity index (χ3v) is 4.80. The van der Waals surface area contributed by atoms with Crippen LogP contribution < -0.4 is 0 Å². The molecule has 0 amide bonds. The second-order valence-electron chi connectivity index (χ2n) is 5.30. The van der Waals surface area contributed by atoms with Gasteiger partial charge in [0.15, 0.2) is 5.82 Å². The Bertz CT molecular complexity index is 1080. The molecule has 136 valence electrons. The van der Waals surface area contributed by atoms with E-state index >= 15 is 0 Å². The number of rotatable bonds is 3. The van der Waals surface area contributed by atoms with Crippen molar-refractivity contribution in [3.8, 4) is 17.1 Å². The first kappa shape index (κ1) is 18.5.